The number of hydrogen-bond acceptors (Lipinski definition) is 4. The molecular weight excluding hydrogens is 339 g/mol. The van der Waals surface area contributed by atoms with E-state index in [0.717, 1.165) is 4.90 Å². The second-order valence-corrected chi connectivity index (χ2v) is 5.51. The summed E-state index contributed by atoms with van der Waals surface area (Å²) < 4.78 is 38.7. The van der Waals surface area contributed by atoms with Gasteiger partial charge < -0.3 is 14.6 Å². The topological polar surface area (TPSA) is 36.4 Å². The van der Waals surface area contributed by atoms with Gasteiger partial charge in [-0.2, -0.15) is 13.2 Å². The van der Waals surface area contributed by atoms with Crippen molar-refractivity contribution >= 4 is 33.7 Å². The maximum Gasteiger partial charge on any atom is 0.405 e. The van der Waals surface area contributed by atoms with E-state index in [-0.39, 0.29) is 5.82 Å². The van der Waals surface area contributed by atoms with Gasteiger partial charge in [0.15, 0.2) is 5.82 Å². The fraction of sp³-hybridized carbons (Fsp3) is 0.500. The molecule has 2 unspecified atom stereocenters. The second kappa shape index (κ2) is 5.23. The van der Waals surface area contributed by atoms with Crippen molar-refractivity contribution in [1.82, 2.24) is 4.98 Å². The molecule has 0 saturated heterocycles. The Kier molecular flexibility index (Phi) is 3.95. The molecule has 1 aliphatic heterocycles. The Labute approximate surface area is 122 Å². The Balaban J connectivity index is 2.52. The molecule has 0 aromatic carbocycles. The molecule has 1 aliphatic rings. The highest BCUT2D eigenvalue weighted by Crippen LogP contribution is 2.38. The van der Waals surface area contributed by atoms with E-state index < -0.39 is 24.8 Å². The smallest absolute Gasteiger partial charge is 0.360 e. The van der Waals surface area contributed by atoms with Crippen molar-refractivity contribution in [1.29, 1.82) is 0 Å². The van der Waals surface area contributed by atoms with Crippen molar-refractivity contribution in [2.45, 2.75) is 25.2 Å². The van der Waals surface area contributed by atoms with Gasteiger partial charge in [0.05, 0.1) is 11.7 Å². The first-order valence-corrected chi connectivity index (χ1v) is 6.72. The van der Waals surface area contributed by atoms with Crippen LogP contribution in [0.3, 0.4) is 0 Å². The molecule has 8 heteroatoms. The van der Waals surface area contributed by atoms with Gasteiger partial charge in [-0.25, -0.2) is 4.98 Å². The van der Waals surface area contributed by atoms with E-state index >= 15 is 0 Å². The molecular formula is C12H13BrF3N3O. The summed E-state index contributed by atoms with van der Waals surface area (Å²) in [6.45, 7) is 0.454. The molecule has 0 N–H and O–H groups in total. The van der Waals surface area contributed by atoms with Crippen molar-refractivity contribution in [3.05, 3.63) is 16.7 Å². The molecule has 110 valence electrons. The first kappa shape index (κ1) is 15.1. The van der Waals surface area contributed by atoms with Crippen molar-refractivity contribution in [2.24, 2.45) is 0 Å². The number of aldehydes is 1. The third-order valence-corrected chi connectivity index (χ3v) is 3.84. The Bertz CT molecular complexity index is 523. The van der Waals surface area contributed by atoms with Crippen LogP contribution >= 0.6 is 15.9 Å². The number of nitrogens with zero attached hydrogens (tertiary/aromatic N) is 3. The summed E-state index contributed by atoms with van der Waals surface area (Å²) in [6.07, 6.45) is -3.70. The summed E-state index contributed by atoms with van der Waals surface area (Å²) in [5, 5.41) is 0. The van der Waals surface area contributed by atoms with E-state index in [1.807, 2.05) is 0 Å². The number of carbonyl (C=O) groups is 1. The average molecular weight is 352 g/mol. The third kappa shape index (κ3) is 2.74. The molecule has 2 atom stereocenters. The van der Waals surface area contributed by atoms with Crippen LogP contribution in [0.15, 0.2) is 16.7 Å². The highest BCUT2D eigenvalue weighted by Gasteiger charge is 2.41. The number of anilines is 2. The van der Waals surface area contributed by atoms with E-state index in [0.29, 0.717) is 16.6 Å². The minimum Gasteiger partial charge on any atom is -0.360 e. The molecule has 0 fully saturated rings. The minimum atomic E-state index is -4.36. The first-order chi connectivity index (χ1) is 9.24. The van der Waals surface area contributed by atoms with E-state index in [2.05, 4.69) is 20.9 Å². The van der Waals surface area contributed by atoms with Crippen LogP contribution in [0.5, 0.6) is 0 Å². The van der Waals surface area contributed by atoms with Crippen molar-refractivity contribution in [3.63, 3.8) is 0 Å². The quantitative estimate of drug-likeness (QED) is 0.606. The largest absolute Gasteiger partial charge is 0.405 e. The van der Waals surface area contributed by atoms with Crippen molar-refractivity contribution in [2.75, 3.05) is 23.4 Å². The van der Waals surface area contributed by atoms with Crippen LogP contribution in [-0.2, 0) is 4.79 Å². The average Bonchev–Trinajstić information content (AvgIpc) is 2.34. The predicted molar refractivity (Wildman–Crippen MR) is 73.1 cm³/mol. The lowest BCUT2D eigenvalue weighted by Crippen LogP contribution is -2.57. The Morgan fingerprint density at radius 3 is 2.65 bits per heavy atom. The molecule has 4 nitrogen and oxygen atoms in total. The van der Waals surface area contributed by atoms with Crippen LogP contribution in [0.1, 0.15) is 6.92 Å². The maximum absolute atomic E-state index is 12.8. The lowest BCUT2D eigenvalue weighted by atomic mass is 10.0. The van der Waals surface area contributed by atoms with Crippen LogP contribution < -0.4 is 9.80 Å². The van der Waals surface area contributed by atoms with Gasteiger partial charge in [-0.3, -0.25) is 0 Å². The van der Waals surface area contributed by atoms with Gasteiger partial charge in [0.2, 0.25) is 0 Å². The number of halogens is 4. The fourth-order valence-electron chi connectivity index (χ4n) is 2.38. The Hall–Kier alpha value is -1.31. The van der Waals surface area contributed by atoms with Crippen LogP contribution in [0.2, 0.25) is 0 Å². The number of alkyl halides is 3. The maximum atomic E-state index is 12.8. The number of pyridine rings is 1. The molecule has 2 rings (SSSR count). The van der Waals surface area contributed by atoms with Crippen molar-refractivity contribution in [3.8, 4) is 0 Å². The van der Waals surface area contributed by atoms with Crippen LogP contribution in [0, 0.1) is 0 Å². The molecule has 1 aromatic rings. The van der Waals surface area contributed by atoms with Gasteiger partial charge in [-0.1, -0.05) is 0 Å². The lowest BCUT2D eigenvalue weighted by molar-refractivity contribution is -0.122. The van der Waals surface area contributed by atoms with Crippen LogP contribution in [-0.4, -0.2) is 43.1 Å². The van der Waals surface area contributed by atoms with E-state index in [9.17, 15) is 18.0 Å². The molecule has 0 radical (unpaired) electrons. The summed E-state index contributed by atoms with van der Waals surface area (Å²) in [7, 11) is 1.68. The molecule has 2 heterocycles. The first-order valence-electron chi connectivity index (χ1n) is 5.92. The summed E-state index contributed by atoms with van der Waals surface area (Å²) in [5.41, 5.74) is 0.507. The summed E-state index contributed by atoms with van der Waals surface area (Å²) in [6, 6.07) is 2.03. The number of likely N-dealkylation sites (N-methyl/N-ethyl adjacent to an activating group) is 1. The highest BCUT2D eigenvalue weighted by atomic mass is 79.9. The monoisotopic (exact) mass is 351 g/mol. The van der Waals surface area contributed by atoms with Gasteiger partial charge in [-0.05, 0) is 35.0 Å². The standard InChI is InChI=1S/C12H13BrF3N3O/c1-7-9(5-20)18(2)8-3-4-10(13)17-11(8)19(7)6-12(14,15)16/h3-5,7,9H,6H2,1-2H3. The number of hydrogen-bond donors (Lipinski definition) is 0. The second-order valence-electron chi connectivity index (χ2n) is 4.70. The van der Waals surface area contributed by atoms with Gasteiger partial charge in [0.25, 0.3) is 0 Å². The highest BCUT2D eigenvalue weighted by molar-refractivity contribution is 9.10. The zero-order valence-corrected chi connectivity index (χ0v) is 12.4. The molecule has 0 aliphatic carbocycles. The zero-order chi connectivity index (χ0) is 15.1. The van der Waals surface area contributed by atoms with E-state index in [1.165, 1.54) is 0 Å². The predicted octanol–water partition coefficient (Wildman–Crippen LogP) is 2.62. The van der Waals surface area contributed by atoms with E-state index in [4.69, 9.17) is 0 Å². The SMILES string of the molecule is CC1C(C=O)N(C)c2ccc(Br)nc2N1CC(F)(F)F. The lowest BCUT2D eigenvalue weighted by Gasteiger charge is -2.44. The van der Waals surface area contributed by atoms with Crippen molar-refractivity contribution < 1.29 is 18.0 Å². The fourth-order valence-corrected chi connectivity index (χ4v) is 2.68. The number of aromatic nitrogens is 1. The Morgan fingerprint density at radius 2 is 2.10 bits per heavy atom. The molecule has 1 aromatic heterocycles. The summed E-state index contributed by atoms with van der Waals surface area (Å²) in [5.74, 6) is 0.227. The van der Waals surface area contributed by atoms with Gasteiger partial charge >= 0.3 is 6.18 Å². The Morgan fingerprint density at radius 1 is 1.45 bits per heavy atom. The van der Waals surface area contributed by atoms with Gasteiger partial charge in [-0.15, -0.1) is 0 Å². The number of carbonyl (C=O) groups excluding carboxylic acids is 1. The zero-order valence-electron chi connectivity index (χ0n) is 10.9. The minimum absolute atomic E-state index is 0.227. The normalized spacial score (nSPS) is 22.7. The molecule has 20 heavy (non-hydrogen) atoms. The molecule has 0 bridgehead atoms. The van der Waals surface area contributed by atoms with E-state index in [1.54, 1.807) is 31.0 Å². The molecule has 0 amide bonds. The van der Waals surface area contributed by atoms with Gasteiger partial charge in [0, 0.05) is 7.05 Å². The van der Waals surface area contributed by atoms with Crippen LogP contribution in [0.4, 0.5) is 24.7 Å². The summed E-state index contributed by atoms with van der Waals surface area (Å²) >= 11 is 3.16. The van der Waals surface area contributed by atoms with Crippen LogP contribution in [0.25, 0.3) is 0 Å². The number of rotatable bonds is 2. The molecule has 0 spiro atoms. The summed E-state index contributed by atoms with van der Waals surface area (Å²) in [4.78, 5) is 18.1. The van der Waals surface area contributed by atoms with Gasteiger partial charge in [0.1, 0.15) is 23.5 Å². The number of fused-ring (bicyclic) bond motifs is 1. The third-order valence-electron chi connectivity index (χ3n) is 3.39. The molecule has 0 saturated carbocycles.